The second-order valence-electron chi connectivity index (χ2n) is 4.46. The largest absolute Gasteiger partial charge is 0.505 e. The highest BCUT2D eigenvalue weighted by Gasteiger charge is 2.31. The number of aliphatic hydroxyl groups excluding tert-OH is 1. The van der Waals surface area contributed by atoms with Gasteiger partial charge in [-0.2, -0.15) is 0 Å². The molecule has 2 N–H and O–H groups in total. The Morgan fingerprint density at radius 1 is 1.45 bits per heavy atom. The summed E-state index contributed by atoms with van der Waals surface area (Å²) < 4.78 is 0. The van der Waals surface area contributed by atoms with E-state index in [-0.39, 0.29) is 29.2 Å². The standard InChI is InChI=1S/C15H14ClNO3/c1-2-4-12(18)13-14(19)11(17-15(13)20)8-9-5-3-6-10(16)7-9/h3,5-8,19H,2,4H2,1H3,(H,17,20)/b11-8+. The molecule has 0 unspecified atom stereocenters. The zero-order chi connectivity index (χ0) is 14.7. The van der Waals surface area contributed by atoms with Crippen LogP contribution >= 0.6 is 11.6 Å². The van der Waals surface area contributed by atoms with E-state index in [9.17, 15) is 14.7 Å². The summed E-state index contributed by atoms with van der Waals surface area (Å²) in [5.41, 5.74) is 0.778. The van der Waals surface area contributed by atoms with Crippen molar-refractivity contribution in [2.75, 3.05) is 0 Å². The van der Waals surface area contributed by atoms with Crippen LogP contribution in [0.2, 0.25) is 5.02 Å². The lowest BCUT2D eigenvalue weighted by atomic mass is 10.1. The Hall–Kier alpha value is -2.07. The Balaban J connectivity index is 2.36. The van der Waals surface area contributed by atoms with Gasteiger partial charge in [0.15, 0.2) is 11.5 Å². The molecule has 0 fully saturated rings. The Morgan fingerprint density at radius 2 is 2.20 bits per heavy atom. The molecule has 0 aliphatic carbocycles. The molecule has 0 saturated heterocycles. The number of hydrogen-bond donors (Lipinski definition) is 2. The van der Waals surface area contributed by atoms with E-state index in [0.29, 0.717) is 11.4 Å². The lowest BCUT2D eigenvalue weighted by Crippen LogP contribution is -2.20. The van der Waals surface area contributed by atoms with Gasteiger partial charge in [-0.1, -0.05) is 30.7 Å². The van der Waals surface area contributed by atoms with Crippen LogP contribution in [-0.4, -0.2) is 16.8 Å². The van der Waals surface area contributed by atoms with Gasteiger partial charge < -0.3 is 10.4 Å². The number of amides is 1. The van der Waals surface area contributed by atoms with E-state index in [1.54, 1.807) is 30.3 Å². The van der Waals surface area contributed by atoms with Crippen molar-refractivity contribution >= 4 is 29.4 Å². The molecule has 0 spiro atoms. The highest BCUT2D eigenvalue weighted by molar-refractivity contribution is 6.30. The third kappa shape index (κ3) is 2.91. The first kappa shape index (κ1) is 14.3. The minimum atomic E-state index is -0.561. The van der Waals surface area contributed by atoms with Crippen LogP contribution in [0.1, 0.15) is 25.3 Å². The molecule has 0 aromatic heterocycles. The number of ketones is 1. The second-order valence-corrected chi connectivity index (χ2v) is 4.90. The quantitative estimate of drug-likeness (QED) is 0.838. The van der Waals surface area contributed by atoms with Gasteiger partial charge in [-0.15, -0.1) is 0 Å². The third-order valence-corrected chi connectivity index (χ3v) is 3.12. The van der Waals surface area contributed by atoms with Crippen molar-refractivity contribution in [3.63, 3.8) is 0 Å². The maximum absolute atomic E-state index is 11.8. The molecular formula is C15H14ClNO3. The number of nitrogens with one attached hydrogen (secondary N) is 1. The number of Topliss-reactive ketones (excluding diaryl/α,β-unsaturated/α-hetero) is 1. The average Bonchev–Trinajstić information content (AvgIpc) is 2.65. The first-order valence-electron chi connectivity index (χ1n) is 6.28. The van der Waals surface area contributed by atoms with Crippen LogP contribution in [0.15, 0.2) is 41.3 Å². The van der Waals surface area contributed by atoms with Gasteiger partial charge in [0.2, 0.25) is 0 Å². The topological polar surface area (TPSA) is 66.4 Å². The molecular weight excluding hydrogens is 278 g/mol. The van der Waals surface area contributed by atoms with Gasteiger partial charge in [0.25, 0.3) is 5.91 Å². The van der Waals surface area contributed by atoms with Gasteiger partial charge in [0.1, 0.15) is 5.57 Å². The predicted molar refractivity (Wildman–Crippen MR) is 77.1 cm³/mol. The van der Waals surface area contributed by atoms with E-state index in [0.717, 1.165) is 5.56 Å². The summed E-state index contributed by atoms with van der Waals surface area (Å²) in [6, 6.07) is 6.96. The fraction of sp³-hybridized carbons (Fsp3) is 0.200. The van der Waals surface area contributed by atoms with Crippen LogP contribution in [0.25, 0.3) is 6.08 Å². The number of carbonyl (C=O) groups excluding carboxylic acids is 2. The van der Waals surface area contributed by atoms with Crippen molar-refractivity contribution in [1.82, 2.24) is 5.32 Å². The van der Waals surface area contributed by atoms with E-state index in [4.69, 9.17) is 11.6 Å². The highest BCUT2D eigenvalue weighted by atomic mass is 35.5. The summed E-state index contributed by atoms with van der Waals surface area (Å²) in [6.45, 7) is 1.84. The summed E-state index contributed by atoms with van der Waals surface area (Å²) in [4.78, 5) is 23.5. The molecule has 0 saturated carbocycles. The first-order chi connectivity index (χ1) is 9.52. The maximum atomic E-state index is 11.8. The third-order valence-electron chi connectivity index (χ3n) is 2.88. The number of benzene rings is 1. The van der Waals surface area contributed by atoms with Gasteiger partial charge in [0, 0.05) is 11.4 Å². The zero-order valence-corrected chi connectivity index (χ0v) is 11.7. The predicted octanol–water partition coefficient (Wildman–Crippen LogP) is 2.99. The van der Waals surface area contributed by atoms with Crippen LogP contribution in [0.3, 0.4) is 0 Å². The molecule has 1 aromatic carbocycles. The number of halogens is 1. The van der Waals surface area contributed by atoms with E-state index in [1.807, 2.05) is 6.92 Å². The monoisotopic (exact) mass is 291 g/mol. The summed E-state index contributed by atoms with van der Waals surface area (Å²) in [5, 5.41) is 13.1. The molecule has 104 valence electrons. The Bertz CT molecular complexity index is 632. The fourth-order valence-corrected chi connectivity index (χ4v) is 2.16. The SMILES string of the molecule is CCCC(=O)C1=C(O)/C(=C\c2cccc(Cl)c2)NC1=O. The minimum Gasteiger partial charge on any atom is -0.505 e. The smallest absolute Gasteiger partial charge is 0.263 e. The average molecular weight is 292 g/mol. The number of hydrogen-bond acceptors (Lipinski definition) is 3. The van der Waals surface area contributed by atoms with Gasteiger partial charge in [-0.05, 0) is 30.2 Å². The van der Waals surface area contributed by atoms with Gasteiger partial charge in [0.05, 0.1) is 5.70 Å². The summed E-state index contributed by atoms with van der Waals surface area (Å²) in [7, 11) is 0. The minimum absolute atomic E-state index is 0.167. The Kier molecular flexibility index (Phi) is 4.25. The van der Waals surface area contributed by atoms with E-state index in [1.165, 1.54) is 0 Å². The number of carbonyl (C=O) groups is 2. The van der Waals surface area contributed by atoms with Crippen molar-refractivity contribution < 1.29 is 14.7 Å². The molecule has 2 rings (SSSR count). The van der Waals surface area contributed by atoms with Crippen molar-refractivity contribution in [2.45, 2.75) is 19.8 Å². The van der Waals surface area contributed by atoms with Crippen molar-refractivity contribution in [2.24, 2.45) is 0 Å². The van der Waals surface area contributed by atoms with Gasteiger partial charge >= 0.3 is 0 Å². The molecule has 20 heavy (non-hydrogen) atoms. The number of aliphatic hydroxyl groups is 1. The normalized spacial score (nSPS) is 16.7. The second kappa shape index (κ2) is 5.92. The van der Waals surface area contributed by atoms with Gasteiger partial charge in [-0.3, -0.25) is 9.59 Å². The van der Waals surface area contributed by atoms with Crippen LogP contribution in [0.5, 0.6) is 0 Å². The van der Waals surface area contributed by atoms with Crippen molar-refractivity contribution in [1.29, 1.82) is 0 Å². The fourth-order valence-electron chi connectivity index (χ4n) is 1.96. The number of rotatable bonds is 4. The van der Waals surface area contributed by atoms with E-state index in [2.05, 4.69) is 5.32 Å². The lowest BCUT2D eigenvalue weighted by Gasteiger charge is -2.00. The molecule has 1 heterocycles. The molecule has 1 aromatic rings. The van der Waals surface area contributed by atoms with Crippen molar-refractivity contribution in [3.05, 3.63) is 51.9 Å². The summed E-state index contributed by atoms with van der Waals surface area (Å²) in [6.07, 6.45) is 2.43. The summed E-state index contributed by atoms with van der Waals surface area (Å²) in [5.74, 6) is -1.21. The van der Waals surface area contributed by atoms with Crippen LogP contribution < -0.4 is 5.32 Å². The molecule has 0 bridgehead atoms. The lowest BCUT2D eigenvalue weighted by molar-refractivity contribution is -0.121. The molecule has 1 amide bonds. The van der Waals surface area contributed by atoms with Crippen LogP contribution in [0, 0.1) is 0 Å². The molecule has 4 nitrogen and oxygen atoms in total. The molecule has 5 heteroatoms. The van der Waals surface area contributed by atoms with Crippen LogP contribution in [0.4, 0.5) is 0 Å². The zero-order valence-electron chi connectivity index (χ0n) is 10.9. The maximum Gasteiger partial charge on any atom is 0.263 e. The molecule has 0 atom stereocenters. The molecule has 1 aliphatic rings. The van der Waals surface area contributed by atoms with Crippen molar-refractivity contribution in [3.8, 4) is 0 Å². The highest BCUT2D eigenvalue weighted by Crippen LogP contribution is 2.23. The summed E-state index contributed by atoms with van der Waals surface area (Å²) >= 11 is 5.87. The van der Waals surface area contributed by atoms with E-state index >= 15 is 0 Å². The van der Waals surface area contributed by atoms with E-state index < -0.39 is 5.91 Å². The first-order valence-corrected chi connectivity index (χ1v) is 6.66. The van der Waals surface area contributed by atoms with Gasteiger partial charge in [-0.25, -0.2) is 0 Å². The molecule has 0 radical (unpaired) electrons. The van der Waals surface area contributed by atoms with Crippen LogP contribution in [-0.2, 0) is 9.59 Å². The Morgan fingerprint density at radius 3 is 2.85 bits per heavy atom. The molecule has 1 aliphatic heterocycles. The Labute approximate surface area is 121 Å².